The normalized spacial score (nSPS) is 24.4. The number of aryl methyl sites for hydroxylation is 1. The molecule has 5 heteroatoms. The maximum Gasteiger partial charge on any atom is 0.242 e. The third-order valence-electron chi connectivity index (χ3n) is 2.94. The Labute approximate surface area is 95.6 Å². The molecule has 0 saturated heterocycles. The van der Waals surface area contributed by atoms with Crippen molar-refractivity contribution in [1.82, 2.24) is 15.5 Å². The van der Waals surface area contributed by atoms with Crippen LogP contribution in [0.1, 0.15) is 31.5 Å². The fraction of sp³-hybridized carbons (Fsp3) is 0.818. The summed E-state index contributed by atoms with van der Waals surface area (Å²) < 4.78 is 11.0. The van der Waals surface area contributed by atoms with Crippen LogP contribution in [0.15, 0.2) is 4.42 Å². The third kappa shape index (κ3) is 2.80. The molecule has 0 aliphatic heterocycles. The Balaban J connectivity index is 1.65. The molecule has 1 N–H and O–H groups in total. The minimum Gasteiger partial charge on any atom is -0.423 e. The standard InChI is InChI=1S/C11H19N3O2/c1-3-10-13-14-11(16-10)7-15-9-4-8(5-9)6-12-2/h8-9,12H,3-7H2,1-2H3. The molecule has 0 bridgehead atoms. The molecule has 1 aliphatic carbocycles. The van der Waals surface area contributed by atoms with Crippen molar-refractivity contribution >= 4 is 0 Å². The van der Waals surface area contributed by atoms with Crippen LogP contribution >= 0.6 is 0 Å². The lowest BCUT2D eigenvalue weighted by Gasteiger charge is -2.34. The number of nitrogens with one attached hydrogen (secondary N) is 1. The highest BCUT2D eigenvalue weighted by Crippen LogP contribution is 2.29. The van der Waals surface area contributed by atoms with E-state index in [2.05, 4.69) is 15.5 Å². The molecule has 2 rings (SSSR count). The molecule has 1 aromatic rings. The third-order valence-corrected chi connectivity index (χ3v) is 2.94. The van der Waals surface area contributed by atoms with Crippen LogP contribution in [0.5, 0.6) is 0 Å². The molecule has 1 saturated carbocycles. The number of hydrogen-bond acceptors (Lipinski definition) is 5. The van der Waals surface area contributed by atoms with Gasteiger partial charge in [-0.1, -0.05) is 6.92 Å². The first-order valence-electron chi connectivity index (χ1n) is 5.89. The summed E-state index contributed by atoms with van der Waals surface area (Å²) in [7, 11) is 1.99. The van der Waals surface area contributed by atoms with E-state index in [0.717, 1.165) is 31.7 Å². The zero-order valence-corrected chi connectivity index (χ0v) is 9.90. The number of hydrogen-bond donors (Lipinski definition) is 1. The molecule has 5 nitrogen and oxygen atoms in total. The molecule has 0 unspecified atom stereocenters. The van der Waals surface area contributed by atoms with E-state index in [1.54, 1.807) is 0 Å². The van der Waals surface area contributed by atoms with Crippen molar-refractivity contribution in [2.75, 3.05) is 13.6 Å². The van der Waals surface area contributed by atoms with E-state index in [1.165, 1.54) is 0 Å². The highest BCUT2D eigenvalue weighted by Gasteiger charge is 2.29. The van der Waals surface area contributed by atoms with Gasteiger partial charge in [-0.2, -0.15) is 0 Å². The quantitative estimate of drug-likeness (QED) is 0.787. The summed E-state index contributed by atoms with van der Waals surface area (Å²) in [6.45, 7) is 3.52. The lowest BCUT2D eigenvalue weighted by molar-refractivity contribution is -0.0464. The largest absolute Gasteiger partial charge is 0.423 e. The lowest BCUT2D eigenvalue weighted by atomic mass is 9.82. The molecule has 16 heavy (non-hydrogen) atoms. The van der Waals surface area contributed by atoms with Crippen LogP contribution in [-0.4, -0.2) is 29.9 Å². The van der Waals surface area contributed by atoms with Crippen LogP contribution < -0.4 is 5.32 Å². The molecule has 1 aliphatic rings. The summed E-state index contributed by atoms with van der Waals surface area (Å²) in [5.74, 6) is 2.04. The van der Waals surface area contributed by atoms with Gasteiger partial charge in [0.05, 0.1) is 6.10 Å². The fourth-order valence-corrected chi connectivity index (χ4v) is 1.94. The van der Waals surface area contributed by atoms with Crippen molar-refractivity contribution in [1.29, 1.82) is 0 Å². The van der Waals surface area contributed by atoms with Gasteiger partial charge in [0, 0.05) is 6.42 Å². The summed E-state index contributed by atoms with van der Waals surface area (Å²) in [6, 6.07) is 0. The minimum atomic E-state index is 0.371. The van der Waals surface area contributed by atoms with Gasteiger partial charge in [-0.25, -0.2) is 0 Å². The van der Waals surface area contributed by atoms with E-state index in [-0.39, 0.29) is 0 Å². The fourth-order valence-electron chi connectivity index (χ4n) is 1.94. The second-order valence-electron chi connectivity index (χ2n) is 4.27. The first-order chi connectivity index (χ1) is 7.81. The molecule has 1 aromatic heterocycles. The van der Waals surface area contributed by atoms with Gasteiger partial charge in [0.2, 0.25) is 11.8 Å². The molecular weight excluding hydrogens is 206 g/mol. The van der Waals surface area contributed by atoms with Crippen LogP contribution in [-0.2, 0) is 17.8 Å². The van der Waals surface area contributed by atoms with Gasteiger partial charge < -0.3 is 14.5 Å². The molecular formula is C11H19N3O2. The minimum absolute atomic E-state index is 0.371. The van der Waals surface area contributed by atoms with Gasteiger partial charge in [-0.05, 0) is 32.4 Å². The van der Waals surface area contributed by atoms with Crippen molar-refractivity contribution in [3.63, 3.8) is 0 Å². The molecule has 0 amide bonds. The zero-order valence-electron chi connectivity index (χ0n) is 9.90. The SMILES string of the molecule is CCc1nnc(COC2CC(CNC)C2)o1. The van der Waals surface area contributed by atoms with Crippen molar-refractivity contribution < 1.29 is 9.15 Å². The summed E-state index contributed by atoms with van der Waals surface area (Å²) in [4.78, 5) is 0. The molecule has 0 atom stereocenters. The Bertz CT molecular complexity index is 321. The molecule has 90 valence electrons. The Hall–Kier alpha value is -0.940. The second-order valence-corrected chi connectivity index (χ2v) is 4.27. The second kappa shape index (κ2) is 5.41. The topological polar surface area (TPSA) is 60.2 Å². The van der Waals surface area contributed by atoms with E-state index in [0.29, 0.717) is 24.5 Å². The Kier molecular flexibility index (Phi) is 3.90. The Morgan fingerprint density at radius 3 is 2.75 bits per heavy atom. The van der Waals surface area contributed by atoms with Gasteiger partial charge in [0.1, 0.15) is 6.61 Å². The van der Waals surface area contributed by atoms with Crippen LogP contribution in [0.4, 0.5) is 0 Å². The van der Waals surface area contributed by atoms with Gasteiger partial charge in [-0.15, -0.1) is 10.2 Å². The smallest absolute Gasteiger partial charge is 0.242 e. The zero-order chi connectivity index (χ0) is 11.4. The summed E-state index contributed by atoms with van der Waals surface area (Å²) >= 11 is 0. The maximum absolute atomic E-state index is 5.67. The van der Waals surface area contributed by atoms with Gasteiger partial charge >= 0.3 is 0 Å². The van der Waals surface area contributed by atoms with Crippen LogP contribution in [0.3, 0.4) is 0 Å². The highest BCUT2D eigenvalue weighted by molar-refractivity contribution is 4.83. The van der Waals surface area contributed by atoms with Gasteiger partial charge in [0.25, 0.3) is 0 Å². The molecule has 0 spiro atoms. The van der Waals surface area contributed by atoms with Crippen LogP contribution in [0.2, 0.25) is 0 Å². The predicted molar refractivity (Wildman–Crippen MR) is 58.9 cm³/mol. The Morgan fingerprint density at radius 2 is 2.12 bits per heavy atom. The molecule has 0 radical (unpaired) electrons. The van der Waals surface area contributed by atoms with E-state index in [1.807, 2.05) is 14.0 Å². The van der Waals surface area contributed by atoms with Gasteiger partial charge in [-0.3, -0.25) is 0 Å². The van der Waals surface area contributed by atoms with Crippen molar-refractivity contribution in [3.8, 4) is 0 Å². The molecule has 0 aromatic carbocycles. The lowest BCUT2D eigenvalue weighted by Crippen LogP contribution is -2.36. The molecule has 1 fully saturated rings. The first-order valence-corrected chi connectivity index (χ1v) is 5.89. The van der Waals surface area contributed by atoms with E-state index < -0.39 is 0 Å². The van der Waals surface area contributed by atoms with Crippen molar-refractivity contribution in [2.45, 2.75) is 38.9 Å². The first kappa shape index (κ1) is 11.5. The predicted octanol–water partition coefficient (Wildman–Crippen LogP) is 1.15. The average Bonchev–Trinajstić information content (AvgIpc) is 2.69. The van der Waals surface area contributed by atoms with Crippen LogP contribution in [0.25, 0.3) is 0 Å². The monoisotopic (exact) mass is 225 g/mol. The number of rotatable bonds is 6. The summed E-state index contributed by atoms with van der Waals surface area (Å²) in [5, 5.41) is 11.0. The Morgan fingerprint density at radius 1 is 1.38 bits per heavy atom. The van der Waals surface area contributed by atoms with E-state index in [9.17, 15) is 0 Å². The number of nitrogens with zero attached hydrogens (tertiary/aromatic N) is 2. The summed E-state index contributed by atoms with van der Waals surface area (Å²) in [6.07, 6.45) is 3.42. The van der Waals surface area contributed by atoms with E-state index >= 15 is 0 Å². The van der Waals surface area contributed by atoms with E-state index in [4.69, 9.17) is 9.15 Å². The molecule has 1 heterocycles. The summed E-state index contributed by atoms with van der Waals surface area (Å²) in [5.41, 5.74) is 0. The maximum atomic E-state index is 5.67. The van der Waals surface area contributed by atoms with Crippen molar-refractivity contribution in [2.24, 2.45) is 5.92 Å². The van der Waals surface area contributed by atoms with Crippen molar-refractivity contribution in [3.05, 3.63) is 11.8 Å². The highest BCUT2D eigenvalue weighted by atomic mass is 16.5. The number of ether oxygens (including phenoxy) is 1. The van der Waals surface area contributed by atoms with Gasteiger partial charge in [0.15, 0.2) is 0 Å². The average molecular weight is 225 g/mol. The number of aromatic nitrogens is 2. The van der Waals surface area contributed by atoms with Crippen LogP contribution in [0, 0.1) is 5.92 Å².